The highest BCUT2D eigenvalue weighted by atomic mass is 32.2. The van der Waals surface area contributed by atoms with E-state index in [2.05, 4.69) is 9.93 Å². The van der Waals surface area contributed by atoms with E-state index in [-0.39, 0.29) is 27.6 Å². The molecule has 9 nitrogen and oxygen atoms in total. The van der Waals surface area contributed by atoms with Crippen LogP contribution in [0.15, 0.2) is 52.5 Å². The molecule has 1 N–H and O–H groups in total. The number of rotatable bonds is 9. The zero-order valence-corrected chi connectivity index (χ0v) is 15.6. The fourth-order valence-electron chi connectivity index (χ4n) is 2.14. The highest BCUT2D eigenvalue weighted by Gasteiger charge is 2.22. The van der Waals surface area contributed by atoms with E-state index in [1.807, 2.05) is 6.92 Å². The van der Waals surface area contributed by atoms with E-state index in [0.717, 1.165) is 6.21 Å². The lowest BCUT2D eigenvalue weighted by Gasteiger charge is -2.11. The molecule has 27 heavy (non-hydrogen) atoms. The van der Waals surface area contributed by atoms with Gasteiger partial charge in [-0.2, -0.15) is 13.5 Å². The topological polar surface area (TPSA) is 120 Å². The van der Waals surface area contributed by atoms with Gasteiger partial charge < -0.3 is 9.47 Å². The molecule has 0 spiro atoms. The van der Waals surface area contributed by atoms with Crippen LogP contribution in [0.5, 0.6) is 11.5 Å². The van der Waals surface area contributed by atoms with Crippen molar-refractivity contribution in [2.45, 2.75) is 18.2 Å². The lowest BCUT2D eigenvalue weighted by atomic mass is 10.2. The summed E-state index contributed by atoms with van der Waals surface area (Å²) in [6.45, 7) is 2.17. The number of hydrogen-bond acceptors (Lipinski definition) is 7. The summed E-state index contributed by atoms with van der Waals surface area (Å²) < 4.78 is 34.8. The van der Waals surface area contributed by atoms with Crippen molar-refractivity contribution >= 4 is 21.9 Å². The Bertz CT molecular complexity index is 929. The molecule has 0 saturated carbocycles. The molecule has 0 aliphatic rings. The minimum absolute atomic E-state index is 0.0198. The van der Waals surface area contributed by atoms with Gasteiger partial charge in [-0.1, -0.05) is 25.1 Å². The molecule has 0 heterocycles. The number of sulfonamides is 1. The molecule has 2 aromatic carbocycles. The summed E-state index contributed by atoms with van der Waals surface area (Å²) in [4.78, 5) is 12.8. The second kappa shape index (κ2) is 8.99. The summed E-state index contributed by atoms with van der Waals surface area (Å²) in [5.74, 6) is 0.177. The molecule has 0 aromatic heterocycles. The average Bonchev–Trinajstić information content (AvgIpc) is 2.66. The standard InChI is InChI=1S/C17H19N3O6S/c1-3-9-26-17-15(20(21)22)10-13(11-16(17)25-2)12-18-19-27(23,24)14-7-5-4-6-8-14/h4-8,10-12,19H,3,9H2,1-2H3/b18-12+. The summed E-state index contributed by atoms with van der Waals surface area (Å²) in [6.07, 6.45) is 1.82. The Kier molecular flexibility index (Phi) is 6.72. The number of nitro benzene ring substituents is 1. The maximum atomic E-state index is 12.1. The van der Waals surface area contributed by atoms with E-state index < -0.39 is 14.9 Å². The Morgan fingerprint density at radius 2 is 1.96 bits per heavy atom. The van der Waals surface area contributed by atoms with Gasteiger partial charge >= 0.3 is 5.69 Å². The minimum atomic E-state index is -3.83. The van der Waals surface area contributed by atoms with E-state index in [0.29, 0.717) is 13.0 Å². The second-order valence-electron chi connectivity index (χ2n) is 5.34. The highest BCUT2D eigenvalue weighted by molar-refractivity contribution is 7.89. The third-order valence-corrected chi connectivity index (χ3v) is 4.60. The van der Waals surface area contributed by atoms with E-state index in [1.54, 1.807) is 18.2 Å². The molecule has 0 aliphatic carbocycles. The molecule has 2 aromatic rings. The Hall–Kier alpha value is -3.14. The number of benzene rings is 2. The van der Waals surface area contributed by atoms with Crippen molar-refractivity contribution < 1.29 is 22.8 Å². The van der Waals surface area contributed by atoms with Gasteiger partial charge in [-0.05, 0) is 24.6 Å². The number of hydrogen-bond donors (Lipinski definition) is 1. The van der Waals surface area contributed by atoms with Crippen LogP contribution in [-0.4, -0.2) is 33.3 Å². The van der Waals surface area contributed by atoms with Gasteiger partial charge in [0.05, 0.1) is 29.8 Å². The maximum Gasteiger partial charge on any atom is 0.315 e. The number of hydrazone groups is 1. The fourth-order valence-corrected chi connectivity index (χ4v) is 2.95. The predicted molar refractivity (Wildman–Crippen MR) is 99.8 cm³/mol. The van der Waals surface area contributed by atoms with Gasteiger partial charge in [0.25, 0.3) is 10.0 Å². The number of nitrogens with zero attached hydrogens (tertiary/aromatic N) is 2. The average molecular weight is 393 g/mol. The molecular formula is C17H19N3O6S. The molecule has 10 heteroatoms. The van der Waals surface area contributed by atoms with Gasteiger partial charge in [0.15, 0.2) is 5.75 Å². The Balaban J connectivity index is 2.29. The third-order valence-electron chi connectivity index (χ3n) is 3.36. The number of methoxy groups -OCH3 is 1. The first-order valence-corrected chi connectivity index (χ1v) is 9.46. The largest absolute Gasteiger partial charge is 0.493 e. The Morgan fingerprint density at radius 3 is 2.56 bits per heavy atom. The van der Waals surface area contributed by atoms with Crippen molar-refractivity contribution in [2.24, 2.45) is 5.10 Å². The molecule has 0 fully saturated rings. The van der Waals surface area contributed by atoms with Gasteiger partial charge in [-0.25, -0.2) is 4.83 Å². The number of nitro groups is 1. The molecule has 0 radical (unpaired) electrons. The molecule has 0 atom stereocenters. The fraction of sp³-hybridized carbons (Fsp3) is 0.235. The van der Waals surface area contributed by atoms with Crippen LogP contribution in [0, 0.1) is 10.1 Å². The van der Waals surface area contributed by atoms with E-state index in [1.165, 1.54) is 31.4 Å². The molecule has 0 bridgehead atoms. The van der Waals surface area contributed by atoms with Crippen molar-refractivity contribution in [2.75, 3.05) is 13.7 Å². The van der Waals surface area contributed by atoms with Crippen LogP contribution in [-0.2, 0) is 10.0 Å². The smallest absolute Gasteiger partial charge is 0.315 e. The molecule has 0 amide bonds. The van der Waals surface area contributed by atoms with Crippen LogP contribution in [0.2, 0.25) is 0 Å². The first kappa shape index (κ1) is 20.2. The maximum absolute atomic E-state index is 12.1. The second-order valence-corrected chi connectivity index (χ2v) is 7.00. The van der Waals surface area contributed by atoms with Crippen LogP contribution < -0.4 is 14.3 Å². The predicted octanol–water partition coefficient (Wildman–Crippen LogP) is 2.70. The molecule has 2 rings (SSSR count). The van der Waals surface area contributed by atoms with Crippen LogP contribution in [0.3, 0.4) is 0 Å². The highest BCUT2D eigenvalue weighted by Crippen LogP contribution is 2.38. The van der Waals surface area contributed by atoms with Crippen LogP contribution in [0.1, 0.15) is 18.9 Å². The van der Waals surface area contributed by atoms with E-state index >= 15 is 0 Å². The molecule has 0 saturated heterocycles. The first-order valence-electron chi connectivity index (χ1n) is 7.98. The lowest BCUT2D eigenvalue weighted by Crippen LogP contribution is -2.18. The summed E-state index contributed by atoms with van der Waals surface area (Å²) >= 11 is 0. The molecular weight excluding hydrogens is 374 g/mol. The monoisotopic (exact) mass is 393 g/mol. The molecule has 0 unspecified atom stereocenters. The summed E-state index contributed by atoms with van der Waals surface area (Å²) in [7, 11) is -2.47. The van der Waals surface area contributed by atoms with Crippen LogP contribution in [0.25, 0.3) is 0 Å². The van der Waals surface area contributed by atoms with Crippen molar-refractivity contribution in [3.8, 4) is 11.5 Å². The Labute approximate surface area is 156 Å². The number of ether oxygens (including phenoxy) is 2. The van der Waals surface area contributed by atoms with E-state index in [4.69, 9.17) is 9.47 Å². The van der Waals surface area contributed by atoms with Crippen LogP contribution in [0.4, 0.5) is 5.69 Å². The Morgan fingerprint density at radius 1 is 1.26 bits per heavy atom. The van der Waals surface area contributed by atoms with E-state index in [9.17, 15) is 18.5 Å². The quantitative estimate of drug-likeness (QED) is 0.397. The summed E-state index contributed by atoms with van der Waals surface area (Å²) in [5.41, 5.74) is -0.0201. The van der Waals surface area contributed by atoms with Crippen LogP contribution >= 0.6 is 0 Å². The summed E-state index contributed by atoms with van der Waals surface area (Å²) in [5, 5.41) is 15.0. The van der Waals surface area contributed by atoms with Gasteiger partial charge in [-0.3, -0.25) is 10.1 Å². The number of nitrogens with one attached hydrogen (secondary N) is 1. The minimum Gasteiger partial charge on any atom is -0.493 e. The van der Waals surface area contributed by atoms with Gasteiger partial charge in [-0.15, -0.1) is 0 Å². The molecule has 0 aliphatic heterocycles. The van der Waals surface area contributed by atoms with Crippen molar-refractivity contribution in [1.29, 1.82) is 0 Å². The zero-order valence-electron chi connectivity index (χ0n) is 14.8. The van der Waals surface area contributed by atoms with Crippen molar-refractivity contribution in [3.05, 3.63) is 58.1 Å². The van der Waals surface area contributed by atoms with Gasteiger partial charge in [0.1, 0.15) is 0 Å². The zero-order chi connectivity index (χ0) is 19.9. The van der Waals surface area contributed by atoms with Gasteiger partial charge in [0.2, 0.25) is 5.75 Å². The van der Waals surface area contributed by atoms with Crippen molar-refractivity contribution in [3.63, 3.8) is 0 Å². The molecule has 144 valence electrons. The normalized spacial score (nSPS) is 11.3. The summed E-state index contributed by atoms with van der Waals surface area (Å²) in [6, 6.07) is 10.4. The SMILES string of the molecule is CCCOc1c(OC)cc(/C=N/NS(=O)(=O)c2ccccc2)cc1[N+](=O)[O-]. The van der Waals surface area contributed by atoms with Gasteiger partial charge in [0, 0.05) is 11.6 Å². The first-order chi connectivity index (χ1) is 12.9. The van der Waals surface area contributed by atoms with Crippen molar-refractivity contribution in [1.82, 2.24) is 4.83 Å². The third kappa shape index (κ3) is 5.17. The lowest BCUT2D eigenvalue weighted by molar-refractivity contribution is -0.386.